The van der Waals surface area contributed by atoms with Crippen LogP contribution in [-0.2, 0) is 14.3 Å². The van der Waals surface area contributed by atoms with Crippen molar-refractivity contribution in [3.05, 3.63) is 12.2 Å². The van der Waals surface area contributed by atoms with Gasteiger partial charge in [0.1, 0.15) is 0 Å². The van der Waals surface area contributed by atoms with Crippen LogP contribution in [-0.4, -0.2) is 47.4 Å². The van der Waals surface area contributed by atoms with Crippen molar-refractivity contribution in [1.82, 2.24) is 5.32 Å². The second kappa shape index (κ2) is 55.2. The molecule has 1 amide bonds. The van der Waals surface area contributed by atoms with Gasteiger partial charge in [-0.2, -0.15) is 0 Å². The van der Waals surface area contributed by atoms with E-state index in [-0.39, 0.29) is 18.5 Å². The van der Waals surface area contributed by atoms with E-state index in [4.69, 9.17) is 4.74 Å². The molecule has 0 aliphatic heterocycles. The van der Waals surface area contributed by atoms with Crippen molar-refractivity contribution in [3.8, 4) is 0 Å². The van der Waals surface area contributed by atoms with Crippen LogP contribution in [0.4, 0.5) is 0 Å². The minimum absolute atomic E-state index is 0.0176. The lowest BCUT2D eigenvalue weighted by Crippen LogP contribution is -2.45. The maximum Gasteiger partial charge on any atom is 0.305 e. The number of allylic oxidation sites excluding steroid dienone is 1. The summed E-state index contributed by atoms with van der Waals surface area (Å²) in [7, 11) is 0. The van der Waals surface area contributed by atoms with Crippen LogP contribution in [0.2, 0.25) is 0 Å². The zero-order valence-electron chi connectivity index (χ0n) is 44.0. The Balaban J connectivity index is 3.33. The zero-order chi connectivity index (χ0) is 47.2. The molecule has 0 radical (unpaired) electrons. The number of hydrogen-bond acceptors (Lipinski definition) is 5. The molecule has 386 valence electrons. The Labute approximate surface area is 406 Å². The molecule has 65 heavy (non-hydrogen) atoms. The van der Waals surface area contributed by atoms with Crippen molar-refractivity contribution >= 4 is 11.9 Å². The van der Waals surface area contributed by atoms with Gasteiger partial charge in [-0.3, -0.25) is 9.59 Å². The second-order valence-corrected chi connectivity index (χ2v) is 20.3. The smallest absolute Gasteiger partial charge is 0.305 e. The summed E-state index contributed by atoms with van der Waals surface area (Å²) in [5.74, 6) is -0.0514. The van der Waals surface area contributed by atoms with Gasteiger partial charge in [0.05, 0.1) is 25.4 Å². The molecule has 2 atom stereocenters. The predicted molar refractivity (Wildman–Crippen MR) is 283 cm³/mol. The molecule has 0 aromatic rings. The van der Waals surface area contributed by atoms with Crippen LogP contribution >= 0.6 is 0 Å². The van der Waals surface area contributed by atoms with Crippen LogP contribution < -0.4 is 5.32 Å². The Morgan fingerprint density at radius 3 is 1.05 bits per heavy atom. The van der Waals surface area contributed by atoms with E-state index in [1.807, 2.05) is 6.08 Å². The number of hydrogen-bond donors (Lipinski definition) is 3. The number of carbonyl (C=O) groups is 2. The lowest BCUT2D eigenvalue weighted by Gasteiger charge is -2.20. The van der Waals surface area contributed by atoms with Crippen molar-refractivity contribution in [3.63, 3.8) is 0 Å². The molecular weight excluding hydrogens is 803 g/mol. The Morgan fingerprint density at radius 2 is 0.708 bits per heavy atom. The topological polar surface area (TPSA) is 95.9 Å². The SMILES string of the molecule is CCCCCCCCC/C=C/C(O)C(CO)NC(=O)CCCCCCCCCCCCCCCCCCCCCCCCCOC(=O)CCCCCCCCCCCCCCCCCC. The van der Waals surface area contributed by atoms with Gasteiger partial charge in [-0.15, -0.1) is 0 Å². The van der Waals surface area contributed by atoms with Gasteiger partial charge in [-0.1, -0.05) is 296 Å². The van der Waals surface area contributed by atoms with E-state index in [1.54, 1.807) is 6.08 Å². The summed E-state index contributed by atoms with van der Waals surface area (Å²) in [6, 6.07) is -0.624. The maximum absolute atomic E-state index is 12.4. The first kappa shape index (κ1) is 63.6. The predicted octanol–water partition coefficient (Wildman–Crippen LogP) is 18.1. The summed E-state index contributed by atoms with van der Waals surface area (Å²) in [5.41, 5.74) is 0. The molecule has 0 aromatic heterocycles. The second-order valence-electron chi connectivity index (χ2n) is 20.3. The van der Waals surface area contributed by atoms with Gasteiger partial charge in [-0.25, -0.2) is 0 Å². The number of aliphatic hydroxyl groups excluding tert-OH is 2. The van der Waals surface area contributed by atoms with Crippen LogP contribution in [0.25, 0.3) is 0 Å². The highest BCUT2D eigenvalue weighted by Crippen LogP contribution is 2.18. The summed E-state index contributed by atoms with van der Waals surface area (Å²) in [6.07, 6.45) is 65.4. The number of unbranched alkanes of at least 4 members (excludes halogenated alkanes) is 44. The molecule has 0 rings (SSSR count). The molecule has 2 unspecified atom stereocenters. The lowest BCUT2D eigenvalue weighted by atomic mass is 10.0. The van der Waals surface area contributed by atoms with Crippen LogP contribution in [0.3, 0.4) is 0 Å². The maximum atomic E-state index is 12.4. The standard InChI is InChI=1S/C59H115NO5/c1-3-5-7-9-11-13-14-15-16-27-30-33-37-41-45-49-53-59(64)65-54-50-46-42-38-34-31-28-25-23-21-19-17-18-20-22-24-26-29-32-36-40-44-48-52-58(63)60-56(55-61)57(62)51-47-43-39-35-12-10-8-6-4-2/h47,51,56-57,61-62H,3-46,48-50,52-55H2,1-2H3,(H,60,63)/b51-47+. The third kappa shape index (κ3) is 51.8. The summed E-state index contributed by atoms with van der Waals surface area (Å²) in [6.45, 7) is 4.90. The highest BCUT2D eigenvalue weighted by atomic mass is 16.5. The highest BCUT2D eigenvalue weighted by molar-refractivity contribution is 5.76. The molecular formula is C59H115NO5. The zero-order valence-corrected chi connectivity index (χ0v) is 44.0. The van der Waals surface area contributed by atoms with Crippen LogP contribution in [0.5, 0.6) is 0 Å². The number of ether oxygens (including phenoxy) is 1. The quantitative estimate of drug-likeness (QED) is 0.0321. The summed E-state index contributed by atoms with van der Waals surface area (Å²) in [5, 5.41) is 22.9. The van der Waals surface area contributed by atoms with Gasteiger partial charge in [0.2, 0.25) is 5.91 Å². The monoisotopic (exact) mass is 918 g/mol. The van der Waals surface area contributed by atoms with Crippen molar-refractivity contribution in [2.75, 3.05) is 13.2 Å². The van der Waals surface area contributed by atoms with Crippen molar-refractivity contribution in [1.29, 1.82) is 0 Å². The third-order valence-electron chi connectivity index (χ3n) is 13.8. The fourth-order valence-electron chi connectivity index (χ4n) is 9.28. The van der Waals surface area contributed by atoms with Gasteiger partial charge in [0.15, 0.2) is 0 Å². The van der Waals surface area contributed by atoms with Crippen LogP contribution in [0, 0.1) is 0 Å². The third-order valence-corrected chi connectivity index (χ3v) is 13.8. The number of rotatable bonds is 55. The molecule has 6 nitrogen and oxygen atoms in total. The Kier molecular flexibility index (Phi) is 54.0. The average molecular weight is 919 g/mol. The fourth-order valence-corrected chi connectivity index (χ4v) is 9.28. The first-order chi connectivity index (χ1) is 32.0. The van der Waals surface area contributed by atoms with E-state index in [0.29, 0.717) is 19.4 Å². The molecule has 0 spiro atoms. The molecule has 3 N–H and O–H groups in total. The number of carbonyl (C=O) groups excluding carboxylic acids is 2. The Morgan fingerprint density at radius 1 is 0.415 bits per heavy atom. The summed E-state index contributed by atoms with van der Waals surface area (Å²) < 4.78 is 5.49. The molecule has 0 aromatic carbocycles. The summed E-state index contributed by atoms with van der Waals surface area (Å²) >= 11 is 0. The van der Waals surface area contributed by atoms with E-state index in [2.05, 4.69) is 19.2 Å². The van der Waals surface area contributed by atoms with E-state index in [9.17, 15) is 19.8 Å². The van der Waals surface area contributed by atoms with Crippen LogP contribution in [0.1, 0.15) is 328 Å². The molecule has 0 aliphatic carbocycles. The van der Waals surface area contributed by atoms with Crippen molar-refractivity contribution in [2.24, 2.45) is 0 Å². The van der Waals surface area contributed by atoms with Gasteiger partial charge >= 0.3 is 5.97 Å². The number of aliphatic hydroxyl groups is 2. The molecule has 0 saturated heterocycles. The number of amides is 1. The number of esters is 1. The van der Waals surface area contributed by atoms with Gasteiger partial charge in [0.25, 0.3) is 0 Å². The minimum atomic E-state index is -0.840. The van der Waals surface area contributed by atoms with Crippen molar-refractivity contribution in [2.45, 2.75) is 341 Å². The Bertz CT molecular complexity index is 970. The molecule has 0 saturated carbocycles. The molecule has 6 heteroatoms. The Hall–Kier alpha value is -1.40. The average Bonchev–Trinajstić information content (AvgIpc) is 3.31. The molecule has 0 heterocycles. The molecule has 0 fully saturated rings. The normalized spacial score (nSPS) is 12.6. The first-order valence-corrected chi connectivity index (χ1v) is 29.5. The highest BCUT2D eigenvalue weighted by Gasteiger charge is 2.18. The number of nitrogens with one attached hydrogen (secondary N) is 1. The van der Waals surface area contributed by atoms with Crippen LogP contribution in [0.15, 0.2) is 12.2 Å². The fraction of sp³-hybridized carbons (Fsp3) is 0.932. The molecule has 0 aliphatic rings. The lowest BCUT2D eigenvalue weighted by molar-refractivity contribution is -0.143. The molecule has 0 bridgehead atoms. The van der Waals surface area contributed by atoms with Gasteiger partial charge < -0.3 is 20.3 Å². The van der Waals surface area contributed by atoms with E-state index >= 15 is 0 Å². The van der Waals surface area contributed by atoms with E-state index in [1.165, 1.54) is 263 Å². The van der Waals surface area contributed by atoms with E-state index in [0.717, 1.165) is 38.5 Å². The minimum Gasteiger partial charge on any atom is -0.466 e. The van der Waals surface area contributed by atoms with Gasteiger partial charge in [-0.05, 0) is 32.1 Å². The van der Waals surface area contributed by atoms with E-state index < -0.39 is 12.1 Å². The first-order valence-electron chi connectivity index (χ1n) is 29.5. The largest absolute Gasteiger partial charge is 0.466 e. The summed E-state index contributed by atoms with van der Waals surface area (Å²) in [4.78, 5) is 24.4. The van der Waals surface area contributed by atoms with Gasteiger partial charge in [0, 0.05) is 12.8 Å². The van der Waals surface area contributed by atoms with Crippen molar-refractivity contribution < 1.29 is 24.5 Å².